The van der Waals surface area contributed by atoms with Gasteiger partial charge in [0.15, 0.2) is 5.82 Å². The lowest BCUT2D eigenvalue weighted by molar-refractivity contribution is -0.144. The van der Waals surface area contributed by atoms with E-state index in [-0.39, 0.29) is 46.6 Å². The highest BCUT2D eigenvalue weighted by Gasteiger charge is 2.35. The third kappa shape index (κ3) is 6.75. The number of alkyl halides is 3. The molecule has 246 valence electrons. The van der Waals surface area contributed by atoms with Crippen LogP contribution in [0.1, 0.15) is 48.2 Å². The maximum atomic E-state index is 14.5. The van der Waals surface area contributed by atoms with Crippen molar-refractivity contribution in [3.05, 3.63) is 76.4 Å². The minimum Gasteiger partial charge on any atom is -0.471 e. The molecule has 4 aromatic heterocycles. The Kier molecular flexibility index (Phi) is 8.48. The molecule has 2 aliphatic heterocycles. The van der Waals surface area contributed by atoms with Crippen LogP contribution in [0.5, 0.6) is 5.88 Å². The van der Waals surface area contributed by atoms with E-state index >= 15 is 0 Å². The molecule has 6 heterocycles. The van der Waals surface area contributed by atoms with Crippen molar-refractivity contribution >= 4 is 22.6 Å². The highest BCUT2D eigenvalue weighted by atomic mass is 35.5. The first-order valence-corrected chi connectivity index (χ1v) is 15.3. The first-order valence-electron chi connectivity index (χ1n) is 14.9. The van der Waals surface area contributed by atoms with Crippen LogP contribution in [0.4, 0.5) is 22.0 Å². The van der Waals surface area contributed by atoms with Crippen LogP contribution in [-0.4, -0.2) is 70.4 Å². The maximum Gasteiger partial charge on any atom is 0.451 e. The lowest BCUT2D eigenvalue weighted by atomic mass is 9.96. The molecule has 2 saturated heterocycles. The number of nitrogens with one attached hydrogen (secondary N) is 1. The van der Waals surface area contributed by atoms with Crippen molar-refractivity contribution in [1.82, 2.24) is 44.6 Å². The van der Waals surface area contributed by atoms with Crippen LogP contribution in [0.15, 0.2) is 36.7 Å². The molecule has 0 spiro atoms. The van der Waals surface area contributed by atoms with E-state index in [2.05, 4.69) is 29.9 Å². The van der Waals surface area contributed by atoms with Gasteiger partial charge in [-0.05, 0) is 50.6 Å². The third-order valence-electron chi connectivity index (χ3n) is 8.30. The number of pyridine rings is 1. The molecule has 5 aromatic rings. The van der Waals surface area contributed by atoms with Crippen LogP contribution in [0.2, 0.25) is 5.02 Å². The van der Waals surface area contributed by atoms with Crippen molar-refractivity contribution in [2.45, 2.75) is 57.2 Å². The summed E-state index contributed by atoms with van der Waals surface area (Å²) < 4.78 is 81.0. The lowest BCUT2D eigenvalue weighted by Gasteiger charge is -2.32. The van der Waals surface area contributed by atoms with Gasteiger partial charge in [-0.1, -0.05) is 17.7 Å². The van der Waals surface area contributed by atoms with Crippen LogP contribution in [0, 0.1) is 11.6 Å². The molecule has 0 aliphatic carbocycles. The SMILES string of the molecule is Fc1cc(Cl)ccc1COc1nc(C2CCN(Cc3nc4cc(-c5n[nH]c(C(F)(F)F)n5)ncc4n3CC3CCO3)CC2)ncc1F. The van der Waals surface area contributed by atoms with Gasteiger partial charge in [-0.25, -0.2) is 19.3 Å². The van der Waals surface area contributed by atoms with Crippen molar-refractivity contribution in [2.24, 2.45) is 0 Å². The zero-order chi connectivity index (χ0) is 32.7. The summed E-state index contributed by atoms with van der Waals surface area (Å²) in [6, 6.07) is 5.74. The van der Waals surface area contributed by atoms with E-state index in [1.54, 1.807) is 12.3 Å². The Morgan fingerprint density at radius 3 is 2.51 bits per heavy atom. The first-order chi connectivity index (χ1) is 22.6. The number of likely N-dealkylation sites (tertiary alicyclic amines) is 1. The van der Waals surface area contributed by atoms with E-state index in [1.807, 2.05) is 9.67 Å². The second-order valence-electron chi connectivity index (χ2n) is 11.4. The number of aromatic nitrogens is 8. The summed E-state index contributed by atoms with van der Waals surface area (Å²) in [4.78, 5) is 23.5. The second kappa shape index (κ2) is 12.7. The molecule has 0 bridgehead atoms. The minimum atomic E-state index is -4.65. The third-order valence-corrected chi connectivity index (χ3v) is 8.54. The summed E-state index contributed by atoms with van der Waals surface area (Å²) in [6.07, 6.45) is 0.313. The smallest absolute Gasteiger partial charge is 0.451 e. The Balaban J connectivity index is 1.04. The summed E-state index contributed by atoms with van der Waals surface area (Å²) in [7, 11) is 0. The summed E-state index contributed by atoms with van der Waals surface area (Å²) in [5, 5.41) is 5.85. The predicted molar refractivity (Wildman–Crippen MR) is 157 cm³/mol. The summed E-state index contributed by atoms with van der Waals surface area (Å²) in [5.41, 5.74) is 1.68. The molecule has 2 aliphatic rings. The number of H-pyrrole nitrogens is 1. The molecule has 1 unspecified atom stereocenters. The number of imidazole rings is 1. The molecule has 1 aromatic carbocycles. The molecular formula is C30H27ClF5N9O2. The number of piperidine rings is 1. The number of halogens is 6. The Hall–Kier alpha value is -4.28. The molecule has 11 nitrogen and oxygen atoms in total. The Bertz CT molecular complexity index is 1900. The minimum absolute atomic E-state index is 0.0298. The topological polar surface area (TPSA) is 120 Å². The van der Waals surface area contributed by atoms with Crippen molar-refractivity contribution in [1.29, 1.82) is 0 Å². The number of rotatable bonds is 9. The molecule has 2 fully saturated rings. The number of nitrogens with zero attached hydrogens (tertiary/aromatic N) is 8. The van der Waals surface area contributed by atoms with Crippen molar-refractivity contribution in [2.75, 3.05) is 19.7 Å². The summed E-state index contributed by atoms with van der Waals surface area (Å²) in [6.45, 7) is 2.90. The normalized spacial score (nSPS) is 17.7. The Morgan fingerprint density at radius 2 is 1.81 bits per heavy atom. The highest BCUT2D eigenvalue weighted by Crippen LogP contribution is 2.31. The number of fused-ring (bicyclic) bond motifs is 1. The zero-order valence-electron chi connectivity index (χ0n) is 24.6. The van der Waals surface area contributed by atoms with Gasteiger partial charge in [0.2, 0.25) is 11.6 Å². The number of benzene rings is 1. The molecule has 17 heteroatoms. The van der Waals surface area contributed by atoms with E-state index in [0.717, 1.165) is 30.0 Å². The quantitative estimate of drug-likeness (QED) is 0.196. The summed E-state index contributed by atoms with van der Waals surface area (Å²) in [5.74, 6) is -1.74. The Morgan fingerprint density at radius 1 is 1.00 bits per heavy atom. The van der Waals surface area contributed by atoms with Crippen LogP contribution in [0.3, 0.4) is 0 Å². The average Bonchev–Trinajstić information content (AvgIpc) is 3.65. The van der Waals surface area contributed by atoms with Crippen molar-refractivity contribution < 1.29 is 31.4 Å². The van der Waals surface area contributed by atoms with Gasteiger partial charge in [0.1, 0.15) is 29.8 Å². The van der Waals surface area contributed by atoms with E-state index in [9.17, 15) is 22.0 Å². The predicted octanol–water partition coefficient (Wildman–Crippen LogP) is 5.70. The molecule has 47 heavy (non-hydrogen) atoms. The van der Waals surface area contributed by atoms with Gasteiger partial charge in [0.25, 0.3) is 5.88 Å². The van der Waals surface area contributed by atoms with Gasteiger partial charge in [-0.15, -0.1) is 0 Å². The number of hydrogen-bond acceptors (Lipinski definition) is 9. The van der Waals surface area contributed by atoms with E-state index < -0.39 is 23.6 Å². The van der Waals surface area contributed by atoms with Gasteiger partial charge >= 0.3 is 6.18 Å². The number of aromatic amines is 1. The fraction of sp³-hybridized carbons (Fsp3) is 0.400. The van der Waals surface area contributed by atoms with E-state index in [1.165, 1.54) is 12.1 Å². The largest absolute Gasteiger partial charge is 0.471 e. The molecular weight excluding hydrogens is 649 g/mol. The van der Waals surface area contributed by atoms with Gasteiger partial charge < -0.3 is 14.0 Å². The number of hydrogen-bond donors (Lipinski definition) is 1. The molecule has 1 atom stereocenters. The number of ether oxygens (including phenoxy) is 2. The molecule has 0 radical (unpaired) electrons. The van der Waals surface area contributed by atoms with Gasteiger partial charge in [0, 0.05) is 23.1 Å². The molecule has 1 N–H and O–H groups in total. The Labute approximate surface area is 269 Å². The van der Waals surface area contributed by atoms with Crippen LogP contribution in [-0.2, 0) is 30.6 Å². The van der Waals surface area contributed by atoms with Crippen LogP contribution < -0.4 is 4.74 Å². The van der Waals surface area contributed by atoms with Crippen molar-refractivity contribution in [3.63, 3.8) is 0 Å². The lowest BCUT2D eigenvalue weighted by Crippen LogP contribution is -2.35. The van der Waals surface area contributed by atoms with Crippen molar-refractivity contribution in [3.8, 4) is 17.4 Å². The molecule has 0 amide bonds. The fourth-order valence-electron chi connectivity index (χ4n) is 5.65. The summed E-state index contributed by atoms with van der Waals surface area (Å²) >= 11 is 5.80. The maximum absolute atomic E-state index is 14.5. The average molecular weight is 676 g/mol. The van der Waals surface area contributed by atoms with E-state index in [4.69, 9.17) is 26.1 Å². The first kappa shape index (κ1) is 31.3. The highest BCUT2D eigenvalue weighted by molar-refractivity contribution is 6.30. The monoisotopic (exact) mass is 675 g/mol. The van der Waals surface area contributed by atoms with Gasteiger partial charge in [0.05, 0.1) is 42.6 Å². The zero-order valence-corrected chi connectivity index (χ0v) is 25.4. The standard InChI is InChI=1S/C30H27ClF5N9O2/c31-18-2-1-17(20(32)9-18)15-47-28-21(33)11-38-26(40-28)16-3-6-44(7-4-16)14-25-39-22-10-23(27-41-29(43-42-27)30(34,35)36)37-12-24(22)45(25)13-19-5-8-46-19/h1-2,9-12,16,19H,3-8,13-15H2,(H,41,42,43). The fourth-order valence-corrected chi connectivity index (χ4v) is 5.81. The van der Waals surface area contributed by atoms with Crippen LogP contribution >= 0.6 is 11.6 Å². The van der Waals surface area contributed by atoms with E-state index in [0.29, 0.717) is 57.0 Å². The van der Waals surface area contributed by atoms with Crippen LogP contribution in [0.25, 0.3) is 22.6 Å². The second-order valence-corrected chi connectivity index (χ2v) is 11.9. The molecule has 7 rings (SSSR count). The van der Waals surface area contributed by atoms with Gasteiger partial charge in [-0.3, -0.25) is 15.0 Å². The molecule has 0 saturated carbocycles. The van der Waals surface area contributed by atoms with Gasteiger partial charge in [-0.2, -0.15) is 27.6 Å².